The van der Waals surface area contributed by atoms with E-state index in [2.05, 4.69) is 38.7 Å². The summed E-state index contributed by atoms with van der Waals surface area (Å²) in [5, 5.41) is 8.76. The Bertz CT molecular complexity index is 444. The van der Waals surface area contributed by atoms with Gasteiger partial charge in [-0.15, -0.1) is 0 Å². The lowest BCUT2D eigenvalue weighted by atomic mass is 9.85. The van der Waals surface area contributed by atoms with Crippen LogP contribution in [0.1, 0.15) is 77.5 Å². The molecule has 0 bridgehead atoms. The molecule has 0 aliphatic rings. The van der Waals surface area contributed by atoms with E-state index in [1.165, 1.54) is 38.5 Å². The third kappa shape index (κ3) is 7.07. The zero-order valence-corrected chi connectivity index (χ0v) is 14.8. The van der Waals surface area contributed by atoms with E-state index in [-0.39, 0.29) is 0 Å². The van der Waals surface area contributed by atoms with Crippen molar-refractivity contribution in [3.8, 4) is 6.07 Å². The van der Waals surface area contributed by atoms with Gasteiger partial charge in [0.1, 0.15) is 6.07 Å². The molecule has 2 unspecified atom stereocenters. The second-order valence-electron chi connectivity index (χ2n) is 6.94. The SMILES string of the molecule is CCC(C)CC[C@@H](C)C(C)CCCCc1ccc(C#N)cn1. The maximum absolute atomic E-state index is 8.76. The first-order chi connectivity index (χ1) is 10.6. The second-order valence-corrected chi connectivity index (χ2v) is 6.94. The minimum Gasteiger partial charge on any atom is -0.260 e. The molecule has 1 aromatic rings. The molecule has 2 nitrogen and oxygen atoms in total. The van der Waals surface area contributed by atoms with E-state index in [4.69, 9.17) is 5.26 Å². The highest BCUT2D eigenvalue weighted by Crippen LogP contribution is 2.25. The second kappa shape index (κ2) is 10.4. The number of aromatic nitrogens is 1. The Morgan fingerprint density at radius 1 is 1.05 bits per heavy atom. The lowest BCUT2D eigenvalue weighted by Crippen LogP contribution is -2.09. The van der Waals surface area contributed by atoms with Crippen molar-refractivity contribution >= 4 is 0 Å². The fraction of sp³-hybridized carbons (Fsp3) is 0.700. The average Bonchev–Trinajstić information content (AvgIpc) is 2.56. The lowest BCUT2D eigenvalue weighted by Gasteiger charge is -2.21. The van der Waals surface area contributed by atoms with Crippen LogP contribution in [0.5, 0.6) is 0 Å². The molecular weight excluding hydrogens is 268 g/mol. The molecule has 1 aromatic heterocycles. The Hall–Kier alpha value is -1.36. The Kier molecular flexibility index (Phi) is 8.82. The molecule has 0 radical (unpaired) electrons. The van der Waals surface area contributed by atoms with Gasteiger partial charge in [0.05, 0.1) is 5.56 Å². The average molecular weight is 300 g/mol. The quantitative estimate of drug-likeness (QED) is 0.515. The third-order valence-electron chi connectivity index (χ3n) is 5.08. The molecule has 22 heavy (non-hydrogen) atoms. The molecule has 1 rings (SSSR count). The van der Waals surface area contributed by atoms with Gasteiger partial charge in [0.15, 0.2) is 0 Å². The number of nitriles is 1. The molecule has 0 saturated heterocycles. The fourth-order valence-corrected chi connectivity index (χ4v) is 2.73. The van der Waals surface area contributed by atoms with Gasteiger partial charge in [0.25, 0.3) is 0 Å². The summed E-state index contributed by atoms with van der Waals surface area (Å²) < 4.78 is 0. The highest BCUT2D eigenvalue weighted by molar-refractivity contribution is 5.26. The predicted octanol–water partition coefficient (Wildman–Crippen LogP) is 5.76. The third-order valence-corrected chi connectivity index (χ3v) is 5.08. The molecule has 3 atom stereocenters. The van der Waals surface area contributed by atoms with Gasteiger partial charge in [-0.05, 0) is 42.7 Å². The van der Waals surface area contributed by atoms with E-state index in [1.54, 1.807) is 6.20 Å². The number of unbranched alkanes of at least 4 members (excludes halogenated alkanes) is 1. The van der Waals surface area contributed by atoms with Crippen LogP contribution in [0.4, 0.5) is 0 Å². The molecule has 0 N–H and O–H groups in total. The molecule has 0 aliphatic heterocycles. The summed E-state index contributed by atoms with van der Waals surface area (Å²) in [6.45, 7) is 9.47. The maximum atomic E-state index is 8.76. The minimum absolute atomic E-state index is 0.646. The van der Waals surface area contributed by atoms with Gasteiger partial charge in [0.2, 0.25) is 0 Å². The van der Waals surface area contributed by atoms with Crippen LogP contribution in [0.25, 0.3) is 0 Å². The normalized spacial score (nSPS) is 15.0. The number of pyridine rings is 1. The van der Waals surface area contributed by atoms with E-state index in [1.807, 2.05) is 12.1 Å². The van der Waals surface area contributed by atoms with Crippen molar-refractivity contribution in [2.75, 3.05) is 0 Å². The molecule has 0 amide bonds. The van der Waals surface area contributed by atoms with Crippen molar-refractivity contribution in [2.24, 2.45) is 17.8 Å². The summed E-state index contributed by atoms with van der Waals surface area (Å²) in [6, 6.07) is 5.96. The van der Waals surface area contributed by atoms with Gasteiger partial charge in [-0.2, -0.15) is 5.26 Å². The summed E-state index contributed by atoms with van der Waals surface area (Å²) in [7, 11) is 0. The summed E-state index contributed by atoms with van der Waals surface area (Å²) in [5.41, 5.74) is 1.75. The van der Waals surface area contributed by atoms with Crippen LogP contribution in [0.3, 0.4) is 0 Å². The number of hydrogen-bond acceptors (Lipinski definition) is 2. The Morgan fingerprint density at radius 3 is 2.36 bits per heavy atom. The van der Waals surface area contributed by atoms with Crippen molar-refractivity contribution in [2.45, 2.75) is 72.6 Å². The van der Waals surface area contributed by atoms with E-state index in [0.29, 0.717) is 5.56 Å². The molecule has 0 aliphatic carbocycles. The first-order valence-electron chi connectivity index (χ1n) is 8.91. The highest BCUT2D eigenvalue weighted by atomic mass is 14.7. The topological polar surface area (TPSA) is 36.7 Å². The predicted molar refractivity (Wildman–Crippen MR) is 93.5 cm³/mol. The molecule has 122 valence electrons. The largest absolute Gasteiger partial charge is 0.260 e. The van der Waals surface area contributed by atoms with Gasteiger partial charge in [-0.3, -0.25) is 4.98 Å². The zero-order valence-electron chi connectivity index (χ0n) is 14.8. The van der Waals surface area contributed by atoms with Gasteiger partial charge in [0, 0.05) is 11.9 Å². The maximum Gasteiger partial charge on any atom is 0.101 e. The molecule has 0 aromatic carbocycles. The zero-order chi connectivity index (χ0) is 16.4. The molecular formula is C20H32N2. The highest BCUT2D eigenvalue weighted by Gasteiger charge is 2.13. The molecule has 2 heteroatoms. The Morgan fingerprint density at radius 2 is 1.77 bits per heavy atom. The van der Waals surface area contributed by atoms with Crippen molar-refractivity contribution in [3.05, 3.63) is 29.6 Å². The molecule has 0 fully saturated rings. The number of nitrogens with zero attached hydrogens (tertiary/aromatic N) is 2. The van der Waals surface area contributed by atoms with Crippen molar-refractivity contribution in [1.29, 1.82) is 5.26 Å². The molecule has 0 spiro atoms. The molecule has 0 saturated carbocycles. The monoisotopic (exact) mass is 300 g/mol. The van der Waals surface area contributed by atoms with Gasteiger partial charge >= 0.3 is 0 Å². The van der Waals surface area contributed by atoms with E-state index in [0.717, 1.165) is 29.9 Å². The van der Waals surface area contributed by atoms with Crippen LogP contribution < -0.4 is 0 Å². The first kappa shape index (κ1) is 18.7. The van der Waals surface area contributed by atoms with Crippen molar-refractivity contribution in [1.82, 2.24) is 4.98 Å². The Labute approximate surface area is 137 Å². The van der Waals surface area contributed by atoms with Crippen molar-refractivity contribution < 1.29 is 0 Å². The van der Waals surface area contributed by atoms with Crippen LogP contribution in [0.15, 0.2) is 18.3 Å². The van der Waals surface area contributed by atoms with Gasteiger partial charge in [-0.1, -0.05) is 59.8 Å². The first-order valence-corrected chi connectivity index (χ1v) is 8.91. The smallest absolute Gasteiger partial charge is 0.101 e. The van der Waals surface area contributed by atoms with Gasteiger partial charge < -0.3 is 0 Å². The Balaban J connectivity index is 2.18. The number of aryl methyl sites for hydroxylation is 1. The van der Waals surface area contributed by atoms with Crippen LogP contribution in [-0.2, 0) is 6.42 Å². The number of hydrogen-bond donors (Lipinski definition) is 0. The minimum atomic E-state index is 0.646. The fourth-order valence-electron chi connectivity index (χ4n) is 2.73. The van der Waals surface area contributed by atoms with E-state index < -0.39 is 0 Å². The summed E-state index contributed by atoms with van der Waals surface area (Å²) in [4.78, 5) is 4.34. The standard InChI is InChI=1S/C20H32N2/c1-5-16(2)10-11-18(4)17(3)8-6-7-9-20-13-12-19(14-21)15-22-20/h12-13,15-18H,5-11H2,1-4H3/t16?,17?,18-/m1/s1. The van der Waals surface area contributed by atoms with Crippen LogP contribution >= 0.6 is 0 Å². The van der Waals surface area contributed by atoms with Crippen LogP contribution in [0, 0.1) is 29.1 Å². The summed E-state index contributed by atoms with van der Waals surface area (Å²) >= 11 is 0. The van der Waals surface area contributed by atoms with E-state index in [9.17, 15) is 0 Å². The van der Waals surface area contributed by atoms with Crippen LogP contribution in [0.2, 0.25) is 0 Å². The lowest BCUT2D eigenvalue weighted by molar-refractivity contribution is 0.307. The summed E-state index contributed by atoms with van der Waals surface area (Å²) in [5.74, 6) is 2.53. The summed E-state index contributed by atoms with van der Waals surface area (Å²) in [6.07, 6.45) is 10.5. The van der Waals surface area contributed by atoms with E-state index >= 15 is 0 Å². The number of rotatable bonds is 10. The van der Waals surface area contributed by atoms with Gasteiger partial charge in [-0.25, -0.2) is 0 Å². The molecule has 1 heterocycles. The van der Waals surface area contributed by atoms with Crippen LogP contribution in [-0.4, -0.2) is 4.98 Å². The van der Waals surface area contributed by atoms with Crippen molar-refractivity contribution in [3.63, 3.8) is 0 Å².